The van der Waals surface area contributed by atoms with Crippen LogP contribution in [0.4, 0.5) is 0 Å². The number of thiazole rings is 1. The number of ether oxygens (including phenoxy) is 2. The Balaban J connectivity index is 2.60. The van der Waals surface area contributed by atoms with Crippen molar-refractivity contribution in [2.45, 2.75) is 39.5 Å². The maximum absolute atomic E-state index is 5.64. The van der Waals surface area contributed by atoms with E-state index in [-0.39, 0.29) is 12.3 Å². The molecular formula is C12H22N2O2S. The van der Waals surface area contributed by atoms with Crippen molar-refractivity contribution in [3.8, 4) is 0 Å². The molecule has 1 N–H and O–H groups in total. The van der Waals surface area contributed by atoms with Crippen molar-refractivity contribution < 1.29 is 9.47 Å². The molecule has 17 heavy (non-hydrogen) atoms. The van der Waals surface area contributed by atoms with Gasteiger partial charge >= 0.3 is 0 Å². The van der Waals surface area contributed by atoms with Crippen LogP contribution in [0.25, 0.3) is 0 Å². The van der Waals surface area contributed by atoms with E-state index in [9.17, 15) is 0 Å². The van der Waals surface area contributed by atoms with Gasteiger partial charge in [0, 0.05) is 31.2 Å². The van der Waals surface area contributed by atoms with Crippen LogP contribution in [0.1, 0.15) is 25.8 Å². The zero-order valence-electron chi connectivity index (χ0n) is 10.8. The van der Waals surface area contributed by atoms with Gasteiger partial charge in [-0.25, -0.2) is 4.98 Å². The molecule has 0 fully saturated rings. The van der Waals surface area contributed by atoms with Crippen molar-refractivity contribution >= 4 is 11.3 Å². The molecule has 0 saturated heterocycles. The van der Waals surface area contributed by atoms with Crippen LogP contribution in [0, 0.1) is 0 Å². The first-order chi connectivity index (χ1) is 8.31. The van der Waals surface area contributed by atoms with Crippen LogP contribution < -0.4 is 5.32 Å². The fraction of sp³-hybridized carbons (Fsp3) is 0.750. The number of aromatic nitrogens is 1. The maximum atomic E-state index is 5.64. The monoisotopic (exact) mass is 258 g/mol. The molecule has 0 aliphatic rings. The maximum Gasteiger partial charge on any atom is 0.173 e. The molecule has 0 bridgehead atoms. The average molecular weight is 258 g/mol. The summed E-state index contributed by atoms with van der Waals surface area (Å²) in [5, 5.41) is 6.51. The lowest BCUT2D eigenvalue weighted by molar-refractivity contribution is -0.153. The molecule has 0 amide bonds. The summed E-state index contributed by atoms with van der Waals surface area (Å²) in [5.41, 5.74) is 0. The number of nitrogens with one attached hydrogen (secondary N) is 1. The Hall–Kier alpha value is -0.490. The number of nitrogens with zero attached hydrogens (tertiary/aromatic N) is 1. The highest BCUT2D eigenvalue weighted by atomic mass is 32.1. The topological polar surface area (TPSA) is 43.4 Å². The lowest BCUT2D eigenvalue weighted by Crippen LogP contribution is -2.44. The fourth-order valence-corrected chi connectivity index (χ4v) is 2.35. The van der Waals surface area contributed by atoms with E-state index in [1.807, 2.05) is 25.4 Å². The Kier molecular flexibility index (Phi) is 7.35. The van der Waals surface area contributed by atoms with Crippen molar-refractivity contribution in [3.63, 3.8) is 0 Å². The van der Waals surface area contributed by atoms with E-state index in [1.54, 1.807) is 11.3 Å². The van der Waals surface area contributed by atoms with Gasteiger partial charge in [-0.3, -0.25) is 0 Å². The minimum absolute atomic E-state index is 0.158. The van der Waals surface area contributed by atoms with Gasteiger partial charge in [0.15, 0.2) is 6.29 Å². The summed E-state index contributed by atoms with van der Waals surface area (Å²) in [7, 11) is 0. The second kappa shape index (κ2) is 8.58. The van der Waals surface area contributed by atoms with E-state index in [1.165, 1.54) is 0 Å². The lowest BCUT2D eigenvalue weighted by atomic mass is 10.2. The van der Waals surface area contributed by atoms with Gasteiger partial charge in [0.05, 0.1) is 11.0 Å². The molecule has 0 radical (unpaired) electrons. The first-order valence-electron chi connectivity index (χ1n) is 6.16. The Bertz CT molecular complexity index is 274. The molecule has 98 valence electrons. The zero-order chi connectivity index (χ0) is 12.5. The molecule has 4 nitrogen and oxygen atoms in total. The van der Waals surface area contributed by atoms with Crippen molar-refractivity contribution in [1.82, 2.24) is 10.3 Å². The summed E-state index contributed by atoms with van der Waals surface area (Å²) in [6, 6.07) is 0.158. The van der Waals surface area contributed by atoms with Gasteiger partial charge in [0.1, 0.15) is 0 Å². The highest BCUT2D eigenvalue weighted by Gasteiger charge is 2.22. The molecule has 1 aromatic heterocycles. The predicted molar refractivity (Wildman–Crippen MR) is 70.3 cm³/mol. The van der Waals surface area contributed by atoms with Crippen LogP contribution in [0.5, 0.6) is 0 Å². The molecule has 5 heteroatoms. The fourth-order valence-electron chi connectivity index (χ4n) is 1.68. The Morgan fingerprint density at radius 1 is 1.29 bits per heavy atom. The smallest absolute Gasteiger partial charge is 0.173 e. The molecule has 1 atom stereocenters. The molecule has 1 aromatic rings. The third kappa shape index (κ3) is 5.12. The summed E-state index contributed by atoms with van der Waals surface area (Å²) in [5.74, 6) is 0. The van der Waals surface area contributed by atoms with Crippen molar-refractivity contribution in [2.24, 2.45) is 0 Å². The SMILES string of the molecule is CCNC(Cc1nccs1)C(OCC)OCC. The first-order valence-corrected chi connectivity index (χ1v) is 7.04. The predicted octanol–water partition coefficient (Wildman–Crippen LogP) is 2.06. The molecule has 0 aliphatic carbocycles. The van der Waals surface area contributed by atoms with Gasteiger partial charge in [0.25, 0.3) is 0 Å². The third-order valence-corrected chi connectivity index (χ3v) is 3.14. The summed E-state index contributed by atoms with van der Waals surface area (Å²) in [4.78, 5) is 4.31. The second-order valence-electron chi connectivity index (χ2n) is 3.57. The highest BCUT2D eigenvalue weighted by molar-refractivity contribution is 7.09. The van der Waals surface area contributed by atoms with Crippen LogP contribution in [0.3, 0.4) is 0 Å². The van der Waals surface area contributed by atoms with Crippen LogP contribution in [0.2, 0.25) is 0 Å². The van der Waals surface area contributed by atoms with Gasteiger partial charge in [0.2, 0.25) is 0 Å². The van der Waals surface area contributed by atoms with Gasteiger partial charge < -0.3 is 14.8 Å². The molecule has 0 aromatic carbocycles. The Labute approximate surface area is 107 Å². The quantitative estimate of drug-likeness (QED) is 0.689. The number of hydrogen-bond donors (Lipinski definition) is 1. The van der Waals surface area contributed by atoms with Gasteiger partial charge in [-0.15, -0.1) is 11.3 Å². The third-order valence-electron chi connectivity index (χ3n) is 2.33. The van der Waals surface area contributed by atoms with Gasteiger partial charge in [-0.1, -0.05) is 6.92 Å². The van der Waals surface area contributed by atoms with Crippen LogP contribution in [-0.4, -0.2) is 37.1 Å². The minimum Gasteiger partial charge on any atom is -0.351 e. The van der Waals surface area contributed by atoms with Crippen molar-refractivity contribution in [1.29, 1.82) is 0 Å². The van der Waals surface area contributed by atoms with Gasteiger partial charge in [-0.2, -0.15) is 0 Å². The van der Waals surface area contributed by atoms with E-state index < -0.39 is 0 Å². The summed E-state index contributed by atoms with van der Waals surface area (Å²) < 4.78 is 11.3. The Morgan fingerprint density at radius 3 is 2.47 bits per heavy atom. The highest BCUT2D eigenvalue weighted by Crippen LogP contribution is 2.12. The summed E-state index contributed by atoms with van der Waals surface area (Å²) in [6.45, 7) is 8.27. The molecule has 0 spiro atoms. The second-order valence-corrected chi connectivity index (χ2v) is 4.55. The van der Waals surface area contributed by atoms with E-state index >= 15 is 0 Å². The number of likely N-dealkylation sites (N-methyl/N-ethyl adjacent to an activating group) is 1. The Morgan fingerprint density at radius 2 is 2.00 bits per heavy atom. The zero-order valence-corrected chi connectivity index (χ0v) is 11.6. The normalized spacial score (nSPS) is 13.2. The largest absolute Gasteiger partial charge is 0.351 e. The molecule has 1 heterocycles. The molecule has 1 unspecified atom stereocenters. The molecule has 0 aliphatic heterocycles. The van der Waals surface area contributed by atoms with Crippen molar-refractivity contribution in [2.75, 3.05) is 19.8 Å². The van der Waals surface area contributed by atoms with E-state index in [2.05, 4.69) is 17.2 Å². The van der Waals surface area contributed by atoms with Crippen LogP contribution in [-0.2, 0) is 15.9 Å². The van der Waals surface area contributed by atoms with Crippen LogP contribution in [0.15, 0.2) is 11.6 Å². The van der Waals surface area contributed by atoms with E-state index in [0.717, 1.165) is 18.0 Å². The van der Waals surface area contributed by atoms with Crippen LogP contribution >= 0.6 is 11.3 Å². The molecule has 1 rings (SSSR count). The molecule has 0 saturated carbocycles. The number of rotatable bonds is 9. The lowest BCUT2D eigenvalue weighted by Gasteiger charge is -2.26. The van der Waals surface area contributed by atoms with E-state index in [4.69, 9.17) is 9.47 Å². The standard InChI is InChI=1S/C12H22N2O2S/c1-4-13-10(9-11-14-7-8-17-11)12(15-5-2)16-6-3/h7-8,10,12-13H,4-6,9H2,1-3H3. The summed E-state index contributed by atoms with van der Waals surface area (Å²) >= 11 is 1.67. The van der Waals surface area contributed by atoms with E-state index in [0.29, 0.717) is 13.2 Å². The first kappa shape index (κ1) is 14.6. The van der Waals surface area contributed by atoms with Gasteiger partial charge in [-0.05, 0) is 20.4 Å². The summed E-state index contributed by atoms with van der Waals surface area (Å²) in [6.07, 6.45) is 2.48. The number of hydrogen-bond acceptors (Lipinski definition) is 5. The average Bonchev–Trinajstić information content (AvgIpc) is 2.81. The molecular weight excluding hydrogens is 236 g/mol. The van der Waals surface area contributed by atoms with Crippen molar-refractivity contribution in [3.05, 3.63) is 16.6 Å². The minimum atomic E-state index is -0.200.